The van der Waals surface area contributed by atoms with Crippen LogP contribution in [0.4, 0.5) is 0 Å². The Kier molecular flexibility index (Phi) is 10.2. The summed E-state index contributed by atoms with van der Waals surface area (Å²) in [7, 11) is 2.26. The van der Waals surface area contributed by atoms with Crippen molar-refractivity contribution in [1.29, 1.82) is 0 Å². The summed E-state index contributed by atoms with van der Waals surface area (Å²) in [5.41, 5.74) is 5.31. The number of carbonyl (C=O) groups excluding carboxylic acids is 5. The summed E-state index contributed by atoms with van der Waals surface area (Å²) in [5, 5.41) is 0. The molecule has 9 nitrogen and oxygen atoms in total. The van der Waals surface area contributed by atoms with Crippen molar-refractivity contribution in [2.45, 2.75) is 162 Å². The minimum Gasteiger partial charge on any atom is -0.363 e. The molecule has 5 saturated carbocycles. The molecule has 2 heterocycles. The summed E-state index contributed by atoms with van der Waals surface area (Å²) in [4.78, 5) is 76.3. The average molecular weight is 735 g/mol. The molecule has 296 valence electrons. The third-order valence-electron chi connectivity index (χ3n) is 17.1. The number of likely N-dealkylation sites (N-methyl/N-ethyl adjacent to an activating group) is 1. The lowest BCUT2D eigenvalue weighted by Gasteiger charge is -2.46. The minimum absolute atomic E-state index is 0.00288. The van der Waals surface area contributed by atoms with Crippen LogP contribution in [0.1, 0.15) is 150 Å². The fraction of sp³-hybridized carbons (Fsp3) is 0.886. The zero-order valence-corrected chi connectivity index (χ0v) is 34.0. The molecular formula is C44H70N4O5. The molecule has 5 aliphatic carbocycles. The van der Waals surface area contributed by atoms with Crippen LogP contribution in [0.5, 0.6) is 0 Å². The Labute approximate surface area is 319 Å². The molecule has 9 heteroatoms. The molecule has 2 amide bonds. The van der Waals surface area contributed by atoms with Gasteiger partial charge in [-0.2, -0.15) is 0 Å². The first-order valence-corrected chi connectivity index (χ1v) is 21.5. The van der Waals surface area contributed by atoms with Crippen LogP contribution >= 0.6 is 0 Å². The standard InChI is InChI=1S/C44H70N4O5/c1-39(2,3)33(24-32(49)25-41(14-8-7-9-15-41)27-47-21-20-46(6)42(28-47)18-19-42)38(53)48-29-44(40(4,5)43(44)16-11-17-43)26-34(48)35(50)23-31(36(51)37(45)52)22-30-12-10-13-30/h30-31,33-34H,7-29H2,1-6H3,(H2,45,52)/t31?,33-,34+,44-/m1/s1. The van der Waals surface area contributed by atoms with E-state index in [0.29, 0.717) is 37.3 Å². The molecular weight excluding hydrogens is 665 g/mol. The van der Waals surface area contributed by atoms with Crippen LogP contribution < -0.4 is 5.73 Å². The highest BCUT2D eigenvalue weighted by Gasteiger charge is 2.85. The molecule has 7 fully saturated rings. The fourth-order valence-electron chi connectivity index (χ4n) is 12.9. The number of ketones is 3. The van der Waals surface area contributed by atoms with Gasteiger partial charge in [-0.25, -0.2) is 0 Å². The lowest BCUT2D eigenvalue weighted by molar-refractivity contribution is -0.147. The highest BCUT2D eigenvalue weighted by atomic mass is 16.2. The Hall–Kier alpha value is -2.13. The highest BCUT2D eigenvalue weighted by molar-refractivity contribution is 6.36. The molecule has 0 bridgehead atoms. The molecule has 2 saturated heterocycles. The number of carbonyl (C=O) groups is 5. The van der Waals surface area contributed by atoms with Crippen LogP contribution in [0, 0.1) is 44.8 Å². The monoisotopic (exact) mass is 735 g/mol. The van der Waals surface area contributed by atoms with E-state index in [2.05, 4.69) is 51.5 Å². The maximum absolute atomic E-state index is 15.1. The van der Waals surface area contributed by atoms with E-state index < -0.39 is 35.0 Å². The number of rotatable bonds is 14. The third kappa shape index (κ3) is 6.78. The number of piperazine rings is 1. The number of hydrogen-bond acceptors (Lipinski definition) is 7. The number of nitrogens with two attached hydrogens (primary N) is 1. The summed E-state index contributed by atoms with van der Waals surface area (Å²) in [6.07, 6.45) is 16.5. The van der Waals surface area contributed by atoms with Gasteiger partial charge in [0.2, 0.25) is 11.7 Å². The van der Waals surface area contributed by atoms with Crippen molar-refractivity contribution in [2.24, 2.45) is 50.6 Å². The SMILES string of the molecule is CN1CCN(CC2(CC(=O)C[C@H](C(=O)N3C[C@]4(C[C@H]3C(=O)CC(CC3CCC3)C(=O)C(N)=O)C(C)(C)C43CCC3)C(C)(C)C)CCCCC2)CC12CC2. The molecule has 53 heavy (non-hydrogen) atoms. The Balaban J connectivity index is 1.11. The van der Waals surface area contributed by atoms with Crippen LogP contribution in [-0.2, 0) is 24.0 Å². The number of primary amides is 1. The number of Topliss-reactive ketones (excluding diaryl/α,β-unsaturated/α-hetero) is 3. The van der Waals surface area contributed by atoms with Crippen LogP contribution in [0.3, 0.4) is 0 Å². The smallest absolute Gasteiger partial charge is 0.285 e. The second kappa shape index (κ2) is 13.8. The van der Waals surface area contributed by atoms with Crippen molar-refractivity contribution in [3.63, 3.8) is 0 Å². The van der Waals surface area contributed by atoms with Crippen molar-refractivity contribution in [3.05, 3.63) is 0 Å². The summed E-state index contributed by atoms with van der Waals surface area (Å²) in [5.74, 6) is -2.59. The van der Waals surface area contributed by atoms with Gasteiger partial charge in [0.05, 0.1) is 6.04 Å². The predicted molar refractivity (Wildman–Crippen MR) is 206 cm³/mol. The molecule has 1 unspecified atom stereocenters. The van der Waals surface area contributed by atoms with E-state index in [-0.39, 0.29) is 52.0 Å². The fourth-order valence-corrected chi connectivity index (χ4v) is 12.9. The van der Waals surface area contributed by atoms with Crippen LogP contribution in [0.15, 0.2) is 0 Å². The lowest BCUT2D eigenvalue weighted by atomic mass is 9.68. The normalized spacial score (nSPS) is 31.1. The van der Waals surface area contributed by atoms with Crippen molar-refractivity contribution < 1.29 is 24.0 Å². The van der Waals surface area contributed by atoms with Gasteiger partial charge in [0, 0.05) is 74.8 Å². The van der Waals surface area contributed by atoms with E-state index in [1.807, 2.05) is 4.90 Å². The van der Waals surface area contributed by atoms with Crippen molar-refractivity contribution in [1.82, 2.24) is 14.7 Å². The topological polar surface area (TPSA) is 121 Å². The van der Waals surface area contributed by atoms with Crippen LogP contribution in [0.2, 0.25) is 0 Å². The third-order valence-corrected chi connectivity index (χ3v) is 17.1. The molecule has 7 aliphatic rings. The van der Waals surface area contributed by atoms with E-state index in [1.165, 1.54) is 25.7 Å². The molecule has 2 N–H and O–H groups in total. The van der Waals surface area contributed by atoms with Gasteiger partial charge in [0.1, 0.15) is 5.78 Å². The Morgan fingerprint density at radius 2 is 1.49 bits per heavy atom. The van der Waals surface area contributed by atoms with Crippen molar-refractivity contribution >= 4 is 29.2 Å². The van der Waals surface area contributed by atoms with Crippen molar-refractivity contribution in [2.75, 3.05) is 39.8 Å². The maximum Gasteiger partial charge on any atom is 0.285 e. The summed E-state index contributed by atoms with van der Waals surface area (Å²) >= 11 is 0. The van der Waals surface area contributed by atoms with Gasteiger partial charge in [0.25, 0.3) is 5.91 Å². The summed E-state index contributed by atoms with van der Waals surface area (Å²) in [6, 6.07) is -0.650. The van der Waals surface area contributed by atoms with Crippen LogP contribution in [0.25, 0.3) is 0 Å². The number of likely N-dealkylation sites (tertiary alicyclic amines) is 1. The molecule has 2 aliphatic heterocycles. The van der Waals surface area contributed by atoms with Gasteiger partial charge in [-0.1, -0.05) is 79.6 Å². The first kappa shape index (κ1) is 39.1. The van der Waals surface area contributed by atoms with Crippen molar-refractivity contribution in [3.8, 4) is 0 Å². The highest BCUT2D eigenvalue weighted by Crippen LogP contribution is 2.88. The number of fused-ring (bicyclic) bond motifs is 1. The van der Waals surface area contributed by atoms with Gasteiger partial charge in [-0.3, -0.25) is 33.8 Å². The molecule has 4 atom stereocenters. The zero-order valence-electron chi connectivity index (χ0n) is 34.0. The predicted octanol–water partition coefficient (Wildman–Crippen LogP) is 6.35. The van der Waals surface area contributed by atoms with E-state index in [9.17, 15) is 19.2 Å². The molecule has 0 aromatic carbocycles. The Morgan fingerprint density at radius 3 is 2.02 bits per heavy atom. The molecule has 0 radical (unpaired) electrons. The first-order chi connectivity index (χ1) is 24.9. The van der Waals surface area contributed by atoms with Gasteiger partial charge in [0.15, 0.2) is 5.78 Å². The molecule has 0 aromatic heterocycles. The van der Waals surface area contributed by atoms with E-state index in [0.717, 1.165) is 84.0 Å². The summed E-state index contributed by atoms with van der Waals surface area (Å²) in [6.45, 7) is 15.6. The number of hydrogen-bond donors (Lipinski definition) is 1. The van der Waals surface area contributed by atoms with E-state index >= 15 is 4.79 Å². The second-order valence-corrected chi connectivity index (χ2v) is 21.2. The quantitative estimate of drug-likeness (QED) is 0.207. The van der Waals surface area contributed by atoms with Gasteiger partial charge in [-0.15, -0.1) is 0 Å². The molecule has 7 rings (SSSR count). The van der Waals surface area contributed by atoms with Crippen LogP contribution in [-0.4, -0.2) is 95.2 Å². The number of nitrogens with zero attached hydrogens (tertiary/aromatic N) is 3. The largest absolute Gasteiger partial charge is 0.363 e. The maximum atomic E-state index is 15.1. The zero-order chi connectivity index (χ0) is 38.2. The van der Waals surface area contributed by atoms with Gasteiger partial charge in [-0.05, 0) is 86.0 Å². The van der Waals surface area contributed by atoms with E-state index in [4.69, 9.17) is 5.73 Å². The minimum atomic E-state index is -0.976. The Bertz CT molecular complexity index is 1480. The van der Waals surface area contributed by atoms with Gasteiger partial charge < -0.3 is 10.6 Å². The second-order valence-electron chi connectivity index (χ2n) is 21.2. The lowest BCUT2D eigenvalue weighted by Crippen LogP contribution is -2.55. The average Bonchev–Trinajstić information content (AvgIpc) is 3.82. The van der Waals surface area contributed by atoms with E-state index in [1.54, 1.807) is 0 Å². The molecule has 0 aromatic rings. The Morgan fingerprint density at radius 1 is 0.811 bits per heavy atom. The summed E-state index contributed by atoms with van der Waals surface area (Å²) < 4.78 is 0. The van der Waals surface area contributed by atoms with Gasteiger partial charge >= 0.3 is 0 Å². The number of amides is 2. The first-order valence-electron chi connectivity index (χ1n) is 21.5. The molecule has 3 spiro atoms.